The van der Waals surface area contributed by atoms with Crippen LogP contribution in [-0.2, 0) is 6.18 Å². The van der Waals surface area contributed by atoms with Gasteiger partial charge in [-0.05, 0) is 69.0 Å². The van der Waals surface area contributed by atoms with Crippen LogP contribution >= 0.6 is 0 Å². The van der Waals surface area contributed by atoms with Crippen LogP contribution in [0.2, 0.25) is 0 Å². The molecule has 1 amide bonds. The lowest BCUT2D eigenvalue weighted by Crippen LogP contribution is -2.44. The molecule has 2 aliphatic rings. The summed E-state index contributed by atoms with van der Waals surface area (Å²) in [5.41, 5.74) is -0.840. The summed E-state index contributed by atoms with van der Waals surface area (Å²) in [5, 5.41) is 0. The van der Waals surface area contributed by atoms with E-state index in [0.717, 1.165) is 37.7 Å². The Labute approximate surface area is 204 Å². The Morgan fingerprint density at radius 1 is 1.00 bits per heavy atom. The van der Waals surface area contributed by atoms with Gasteiger partial charge in [-0.2, -0.15) is 13.2 Å². The quantitative estimate of drug-likeness (QED) is 0.470. The number of benzene rings is 1. The number of pyridine rings is 1. The third-order valence-corrected chi connectivity index (χ3v) is 6.93. The zero-order chi connectivity index (χ0) is 24.8. The van der Waals surface area contributed by atoms with Crippen LogP contribution in [0.5, 0.6) is 17.4 Å². The van der Waals surface area contributed by atoms with E-state index in [1.54, 1.807) is 29.2 Å². The molecule has 9 heteroatoms. The van der Waals surface area contributed by atoms with E-state index in [0.29, 0.717) is 36.5 Å². The lowest BCUT2D eigenvalue weighted by atomic mass is 9.92. The number of carbonyl (C=O) groups is 1. The fourth-order valence-corrected chi connectivity index (χ4v) is 4.85. The molecule has 1 saturated carbocycles. The van der Waals surface area contributed by atoms with Crippen molar-refractivity contribution < 1.29 is 27.4 Å². The molecule has 0 atom stereocenters. The van der Waals surface area contributed by atoms with Crippen molar-refractivity contribution in [1.82, 2.24) is 14.8 Å². The Morgan fingerprint density at radius 3 is 2.26 bits per heavy atom. The lowest BCUT2D eigenvalue weighted by Gasteiger charge is -2.37. The summed E-state index contributed by atoms with van der Waals surface area (Å²) >= 11 is 0. The molecule has 0 unspecified atom stereocenters. The molecule has 35 heavy (non-hydrogen) atoms. The SMILES string of the molecule is CN(CC1CCN(C(=O)Oc2ccc(Oc3ccc(C(F)(F)F)cn3)cc2)CC1)C1CCCCC1. The van der Waals surface area contributed by atoms with Gasteiger partial charge in [-0.3, -0.25) is 0 Å². The minimum absolute atomic E-state index is 0.0414. The number of halogens is 3. The van der Waals surface area contributed by atoms with Crippen LogP contribution in [0, 0.1) is 5.92 Å². The first-order valence-electron chi connectivity index (χ1n) is 12.3. The normalized spacial score (nSPS) is 18.0. The van der Waals surface area contributed by atoms with Gasteiger partial charge in [0.15, 0.2) is 0 Å². The zero-order valence-electron chi connectivity index (χ0n) is 20.0. The lowest BCUT2D eigenvalue weighted by molar-refractivity contribution is -0.137. The fraction of sp³-hybridized carbons (Fsp3) is 0.538. The zero-order valence-corrected chi connectivity index (χ0v) is 20.0. The largest absolute Gasteiger partial charge is 0.439 e. The molecule has 2 fully saturated rings. The second kappa shape index (κ2) is 11.3. The Hall–Kier alpha value is -2.81. The van der Waals surface area contributed by atoms with E-state index in [4.69, 9.17) is 9.47 Å². The molecule has 1 aliphatic carbocycles. The molecule has 0 bridgehead atoms. The van der Waals surface area contributed by atoms with E-state index in [2.05, 4.69) is 16.9 Å². The van der Waals surface area contributed by atoms with Crippen LogP contribution in [0.15, 0.2) is 42.6 Å². The smallest absolute Gasteiger partial charge is 0.417 e. The van der Waals surface area contributed by atoms with E-state index in [-0.39, 0.29) is 12.0 Å². The number of rotatable bonds is 6. The van der Waals surface area contributed by atoms with Gasteiger partial charge in [0.25, 0.3) is 0 Å². The van der Waals surface area contributed by atoms with Crippen molar-refractivity contribution in [2.45, 2.75) is 57.2 Å². The van der Waals surface area contributed by atoms with Gasteiger partial charge in [0.05, 0.1) is 5.56 Å². The molecule has 1 saturated heterocycles. The maximum atomic E-state index is 12.6. The third kappa shape index (κ3) is 7.10. The van der Waals surface area contributed by atoms with Crippen LogP contribution in [0.3, 0.4) is 0 Å². The van der Waals surface area contributed by atoms with Crippen molar-refractivity contribution in [3.8, 4) is 17.4 Å². The first kappa shape index (κ1) is 25.3. The maximum Gasteiger partial charge on any atom is 0.417 e. The summed E-state index contributed by atoms with van der Waals surface area (Å²) in [4.78, 5) is 20.5. The minimum atomic E-state index is -4.45. The number of hydrogen-bond acceptors (Lipinski definition) is 5. The van der Waals surface area contributed by atoms with Gasteiger partial charge in [0, 0.05) is 37.9 Å². The average molecular weight is 492 g/mol. The van der Waals surface area contributed by atoms with Crippen molar-refractivity contribution in [2.24, 2.45) is 5.92 Å². The molecule has 190 valence electrons. The predicted octanol–water partition coefficient (Wildman–Crippen LogP) is 6.37. The van der Waals surface area contributed by atoms with E-state index in [1.165, 1.54) is 32.1 Å². The van der Waals surface area contributed by atoms with E-state index >= 15 is 0 Å². The van der Waals surface area contributed by atoms with Crippen LogP contribution in [0.4, 0.5) is 18.0 Å². The maximum absolute atomic E-state index is 12.6. The standard InChI is InChI=1S/C26H32F3N3O3/c1-31(21-5-3-2-4-6-21)18-19-13-15-32(16-14-19)25(33)35-23-10-8-22(9-11-23)34-24-12-7-20(17-30-24)26(27,28)29/h7-12,17,19,21H,2-6,13-16,18H2,1H3. The van der Waals surface area contributed by atoms with Gasteiger partial charge >= 0.3 is 12.3 Å². The number of alkyl halides is 3. The fourth-order valence-electron chi connectivity index (χ4n) is 4.85. The first-order chi connectivity index (χ1) is 16.8. The van der Waals surface area contributed by atoms with E-state index in [9.17, 15) is 18.0 Å². The second-order valence-electron chi connectivity index (χ2n) is 9.49. The summed E-state index contributed by atoms with van der Waals surface area (Å²) in [6.45, 7) is 2.45. The number of hydrogen-bond donors (Lipinski definition) is 0. The Kier molecular flexibility index (Phi) is 8.15. The summed E-state index contributed by atoms with van der Waals surface area (Å²) < 4.78 is 48.9. The highest BCUT2D eigenvalue weighted by Gasteiger charge is 2.31. The number of carbonyl (C=O) groups excluding carboxylic acids is 1. The van der Waals surface area contributed by atoms with Crippen LogP contribution < -0.4 is 9.47 Å². The van der Waals surface area contributed by atoms with Crippen LogP contribution in [-0.4, -0.2) is 53.6 Å². The molecular formula is C26H32F3N3O3. The molecule has 0 N–H and O–H groups in total. The van der Waals surface area contributed by atoms with Crippen LogP contribution in [0.1, 0.15) is 50.5 Å². The number of amides is 1. The average Bonchev–Trinajstić information content (AvgIpc) is 2.86. The predicted molar refractivity (Wildman–Crippen MR) is 126 cm³/mol. The highest BCUT2D eigenvalue weighted by atomic mass is 19.4. The number of piperidine rings is 1. The molecule has 1 aromatic carbocycles. The van der Waals surface area contributed by atoms with Crippen molar-refractivity contribution in [3.05, 3.63) is 48.2 Å². The number of aromatic nitrogens is 1. The van der Waals surface area contributed by atoms with Crippen molar-refractivity contribution in [3.63, 3.8) is 0 Å². The molecule has 1 aromatic heterocycles. The van der Waals surface area contributed by atoms with E-state index in [1.807, 2.05) is 0 Å². The minimum Gasteiger partial charge on any atom is -0.439 e. The molecule has 0 radical (unpaired) electrons. The van der Waals surface area contributed by atoms with Crippen molar-refractivity contribution in [2.75, 3.05) is 26.7 Å². The number of ether oxygens (including phenoxy) is 2. The van der Waals surface area contributed by atoms with Gasteiger partial charge in [-0.1, -0.05) is 19.3 Å². The van der Waals surface area contributed by atoms with Gasteiger partial charge in [-0.25, -0.2) is 9.78 Å². The number of likely N-dealkylation sites (tertiary alicyclic amines) is 1. The topological polar surface area (TPSA) is 54.9 Å². The first-order valence-corrected chi connectivity index (χ1v) is 12.3. The Morgan fingerprint density at radius 2 is 1.66 bits per heavy atom. The molecule has 2 heterocycles. The van der Waals surface area contributed by atoms with Crippen LogP contribution in [0.25, 0.3) is 0 Å². The Bertz CT molecular complexity index is 953. The van der Waals surface area contributed by atoms with Gasteiger partial charge in [0.1, 0.15) is 11.5 Å². The highest BCUT2D eigenvalue weighted by Crippen LogP contribution is 2.30. The summed E-state index contributed by atoms with van der Waals surface area (Å²) in [6, 6.07) is 9.11. The molecule has 1 aliphatic heterocycles. The summed E-state index contributed by atoms with van der Waals surface area (Å²) in [7, 11) is 2.23. The summed E-state index contributed by atoms with van der Waals surface area (Å²) in [6.07, 6.45) is 4.47. The Balaban J connectivity index is 1.21. The molecule has 6 nitrogen and oxygen atoms in total. The number of nitrogens with zero attached hydrogens (tertiary/aromatic N) is 3. The van der Waals surface area contributed by atoms with E-state index < -0.39 is 11.7 Å². The second-order valence-corrected chi connectivity index (χ2v) is 9.49. The van der Waals surface area contributed by atoms with Gasteiger partial charge in [0.2, 0.25) is 5.88 Å². The highest BCUT2D eigenvalue weighted by molar-refractivity contribution is 5.70. The van der Waals surface area contributed by atoms with Gasteiger partial charge < -0.3 is 19.3 Å². The summed E-state index contributed by atoms with van der Waals surface area (Å²) in [5.74, 6) is 1.39. The van der Waals surface area contributed by atoms with Crippen molar-refractivity contribution >= 4 is 6.09 Å². The molecular weight excluding hydrogens is 459 g/mol. The molecule has 2 aromatic rings. The third-order valence-electron chi connectivity index (χ3n) is 6.93. The van der Waals surface area contributed by atoms with Gasteiger partial charge in [-0.15, -0.1) is 0 Å². The van der Waals surface area contributed by atoms with Crippen molar-refractivity contribution in [1.29, 1.82) is 0 Å². The molecule has 0 spiro atoms. The molecule has 4 rings (SSSR count). The monoisotopic (exact) mass is 491 g/mol.